The molecule has 8 heteroatoms. The van der Waals surface area contributed by atoms with E-state index in [2.05, 4.69) is 32.0 Å². The van der Waals surface area contributed by atoms with Gasteiger partial charge in [0, 0.05) is 61.3 Å². The molecule has 3 aromatic heterocycles. The standard InChI is InChI=1S/C20H18N8/c1-2-27-11-13(8-14(27)9-21)18-15(10-22)19(23)26-17-4-7-28(12-16(17)18)20-24-5-3-6-25-20/h3,5-6,8,11H,2,4,7,12H2,1H3,(H2,23,26). The lowest BCUT2D eigenvalue weighted by Gasteiger charge is -2.30. The molecule has 4 rings (SSSR count). The Balaban J connectivity index is 1.89. The summed E-state index contributed by atoms with van der Waals surface area (Å²) in [7, 11) is 0. The predicted molar refractivity (Wildman–Crippen MR) is 104 cm³/mol. The Hall–Kier alpha value is -3.91. The molecule has 0 aromatic carbocycles. The van der Waals surface area contributed by atoms with Gasteiger partial charge >= 0.3 is 0 Å². The number of nitriles is 2. The number of fused-ring (bicyclic) bond motifs is 1. The molecule has 0 spiro atoms. The van der Waals surface area contributed by atoms with Gasteiger partial charge in [-0.25, -0.2) is 15.0 Å². The predicted octanol–water partition coefficient (Wildman–Crippen LogP) is 2.25. The molecule has 0 unspecified atom stereocenters. The molecule has 1 aliphatic rings. The van der Waals surface area contributed by atoms with Crippen molar-refractivity contribution >= 4 is 11.8 Å². The number of aryl methyl sites for hydroxylation is 1. The summed E-state index contributed by atoms with van der Waals surface area (Å²) < 4.78 is 1.86. The van der Waals surface area contributed by atoms with E-state index in [-0.39, 0.29) is 5.82 Å². The molecule has 0 fully saturated rings. The van der Waals surface area contributed by atoms with Crippen molar-refractivity contribution in [1.29, 1.82) is 10.5 Å². The molecule has 0 atom stereocenters. The van der Waals surface area contributed by atoms with Gasteiger partial charge in [0.25, 0.3) is 0 Å². The Morgan fingerprint density at radius 1 is 1.21 bits per heavy atom. The van der Waals surface area contributed by atoms with E-state index in [4.69, 9.17) is 5.73 Å². The molecular formula is C20H18N8. The van der Waals surface area contributed by atoms with Crippen LogP contribution in [0.4, 0.5) is 11.8 Å². The summed E-state index contributed by atoms with van der Waals surface area (Å²) in [5.41, 5.74) is 10.3. The van der Waals surface area contributed by atoms with Gasteiger partial charge in [0.05, 0.1) is 5.69 Å². The topological polar surface area (TPSA) is 120 Å². The van der Waals surface area contributed by atoms with E-state index >= 15 is 0 Å². The monoisotopic (exact) mass is 370 g/mol. The minimum Gasteiger partial charge on any atom is -0.383 e. The fourth-order valence-corrected chi connectivity index (χ4v) is 3.64. The first kappa shape index (κ1) is 17.5. The number of nitrogens with zero attached hydrogens (tertiary/aromatic N) is 7. The van der Waals surface area contributed by atoms with E-state index < -0.39 is 0 Å². The smallest absolute Gasteiger partial charge is 0.225 e. The van der Waals surface area contributed by atoms with E-state index in [1.54, 1.807) is 24.5 Å². The molecule has 0 saturated carbocycles. The fourth-order valence-electron chi connectivity index (χ4n) is 3.64. The Kier molecular flexibility index (Phi) is 4.38. The second-order valence-corrected chi connectivity index (χ2v) is 6.52. The van der Waals surface area contributed by atoms with Crippen molar-refractivity contribution in [2.75, 3.05) is 17.2 Å². The molecule has 3 aromatic rings. The van der Waals surface area contributed by atoms with E-state index in [1.807, 2.05) is 17.7 Å². The highest BCUT2D eigenvalue weighted by atomic mass is 15.2. The number of nitrogens with two attached hydrogens (primary N) is 1. The molecule has 8 nitrogen and oxygen atoms in total. The van der Waals surface area contributed by atoms with Crippen LogP contribution in [0.2, 0.25) is 0 Å². The van der Waals surface area contributed by atoms with Gasteiger partial charge in [0.1, 0.15) is 29.2 Å². The largest absolute Gasteiger partial charge is 0.383 e. The van der Waals surface area contributed by atoms with Gasteiger partial charge in [-0.2, -0.15) is 10.5 Å². The maximum Gasteiger partial charge on any atom is 0.225 e. The zero-order valence-corrected chi connectivity index (χ0v) is 15.4. The summed E-state index contributed by atoms with van der Waals surface area (Å²) in [4.78, 5) is 15.2. The Bertz CT molecular complexity index is 1120. The van der Waals surface area contributed by atoms with Crippen LogP contribution in [0.5, 0.6) is 0 Å². The highest BCUT2D eigenvalue weighted by molar-refractivity contribution is 5.80. The molecule has 0 aliphatic carbocycles. The summed E-state index contributed by atoms with van der Waals surface area (Å²) in [6, 6.07) is 7.99. The first-order valence-electron chi connectivity index (χ1n) is 9.00. The lowest BCUT2D eigenvalue weighted by molar-refractivity contribution is 0.693. The minimum absolute atomic E-state index is 0.225. The van der Waals surface area contributed by atoms with Crippen LogP contribution >= 0.6 is 0 Å². The van der Waals surface area contributed by atoms with E-state index in [9.17, 15) is 10.5 Å². The Labute approximate surface area is 162 Å². The van der Waals surface area contributed by atoms with Gasteiger partial charge in [0.15, 0.2) is 0 Å². The number of pyridine rings is 1. The molecule has 2 N–H and O–H groups in total. The molecule has 0 bridgehead atoms. The SMILES string of the molecule is CCn1cc(-c2c(C#N)c(N)nc3c2CN(c2ncccn2)CC3)cc1C#N. The first-order chi connectivity index (χ1) is 13.7. The number of rotatable bonds is 3. The number of hydrogen-bond donors (Lipinski definition) is 1. The molecule has 0 saturated heterocycles. The van der Waals surface area contributed by atoms with Crippen molar-refractivity contribution in [3.05, 3.63) is 53.2 Å². The van der Waals surface area contributed by atoms with E-state index in [1.165, 1.54) is 0 Å². The molecule has 138 valence electrons. The summed E-state index contributed by atoms with van der Waals surface area (Å²) in [5.74, 6) is 0.863. The fraction of sp³-hybridized carbons (Fsp3) is 0.250. The molecule has 0 amide bonds. The maximum atomic E-state index is 9.76. The number of aromatic nitrogens is 4. The van der Waals surface area contributed by atoms with Crippen LogP contribution in [0.1, 0.15) is 29.4 Å². The third-order valence-corrected chi connectivity index (χ3v) is 4.97. The molecule has 28 heavy (non-hydrogen) atoms. The van der Waals surface area contributed by atoms with E-state index in [0.29, 0.717) is 43.3 Å². The molecular weight excluding hydrogens is 352 g/mol. The summed E-state index contributed by atoms with van der Waals surface area (Å²) in [6.45, 7) is 3.88. The number of hydrogen-bond acceptors (Lipinski definition) is 7. The number of nitrogen functional groups attached to an aromatic ring is 1. The summed E-state index contributed by atoms with van der Waals surface area (Å²) in [5, 5.41) is 19.2. The summed E-state index contributed by atoms with van der Waals surface area (Å²) in [6.07, 6.45) is 5.99. The van der Waals surface area contributed by atoms with Crippen LogP contribution in [-0.4, -0.2) is 26.1 Å². The van der Waals surface area contributed by atoms with Gasteiger partial charge < -0.3 is 15.2 Å². The van der Waals surface area contributed by atoms with Crippen molar-refractivity contribution in [1.82, 2.24) is 19.5 Å². The third-order valence-electron chi connectivity index (χ3n) is 4.97. The molecule has 1 aliphatic heterocycles. The number of anilines is 2. The van der Waals surface area contributed by atoms with Gasteiger partial charge in [-0.3, -0.25) is 0 Å². The van der Waals surface area contributed by atoms with Crippen molar-refractivity contribution < 1.29 is 0 Å². The van der Waals surface area contributed by atoms with Crippen molar-refractivity contribution in [2.24, 2.45) is 0 Å². The highest BCUT2D eigenvalue weighted by Gasteiger charge is 2.27. The molecule has 0 radical (unpaired) electrons. The minimum atomic E-state index is 0.225. The average molecular weight is 370 g/mol. The quantitative estimate of drug-likeness (QED) is 0.750. The van der Waals surface area contributed by atoms with E-state index in [0.717, 1.165) is 22.4 Å². The van der Waals surface area contributed by atoms with Crippen LogP contribution in [-0.2, 0) is 19.5 Å². The van der Waals surface area contributed by atoms with Gasteiger partial charge in [-0.15, -0.1) is 0 Å². The van der Waals surface area contributed by atoms with Crippen LogP contribution < -0.4 is 10.6 Å². The van der Waals surface area contributed by atoms with Gasteiger partial charge in [-0.1, -0.05) is 0 Å². The highest BCUT2D eigenvalue weighted by Crippen LogP contribution is 2.36. The molecule has 4 heterocycles. The van der Waals surface area contributed by atoms with Crippen LogP contribution in [0.15, 0.2) is 30.7 Å². The van der Waals surface area contributed by atoms with Crippen LogP contribution in [0.25, 0.3) is 11.1 Å². The zero-order valence-electron chi connectivity index (χ0n) is 15.4. The van der Waals surface area contributed by atoms with Crippen LogP contribution in [0, 0.1) is 22.7 Å². The Morgan fingerprint density at radius 2 is 2.00 bits per heavy atom. The second-order valence-electron chi connectivity index (χ2n) is 6.52. The lowest BCUT2D eigenvalue weighted by atomic mass is 9.92. The second kappa shape index (κ2) is 7.01. The third kappa shape index (κ3) is 2.81. The average Bonchev–Trinajstić information content (AvgIpc) is 3.16. The Morgan fingerprint density at radius 3 is 2.64 bits per heavy atom. The summed E-state index contributed by atoms with van der Waals surface area (Å²) >= 11 is 0. The lowest BCUT2D eigenvalue weighted by Crippen LogP contribution is -2.33. The van der Waals surface area contributed by atoms with Crippen LogP contribution in [0.3, 0.4) is 0 Å². The normalized spacial score (nSPS) is 12.9. The zero-order chi connectivity index (χ0) is 19.7. The maximum absolute atomic E-state index is 9.76. The first-order valence-corrected chi connectivity index (χ1v) is 9.00. The van der Waals surface area contributed by atoms with Crippen molar-refractivity contribution in [3.8, 4) is 23.3 Å². The van der Waals surface area contributed by atoms with Gasteiger partial charge in [0.2, 0.25) is 5.95 Å². The van der Waals surface area contributed by atoms with Crippen molar-refractivity contribution in [2.45, 2.75) is 26.4 Å². The van der Waals surface area contributed by atoms with Gasteiger partial charge in [-0.05, 0) is 19.1 Å². The van der Waals surface area contributed by atoms with Crippen molar-refractivity contribution in [3.63, 3.8) is 0 Å².